The molecule has 0 N–H and O–H groups in total. The Bertz CT molecular complexity index is 396. The molecule has 0 aliphatic heterocycles. The number of nitrogens with zero attached hydrogens (tertiary/aromatic N) is 3. The molecule has 1 saturated carbocycles. The van der Waals surface area contributed by atoms with Crippen LogP contribution in [0, 0.1) is 5.92 Å². The molecule has 0 amide bonds. The molecule has 18 heavy (non-hydrogen) atoms. The smallest absolute Gasteiger partial charge is 0.0767 e. The van der Waals surface area contributed by atoms with Crippen molar-refractivity contribution in [3.8, 4) is 0 Å². The molecule has 1 aliphatic carbocycles. The van der Waals surface area contributed by atoms with Crippen LogP contribution in [0.3, 0.4) is 0 Å². The highest BCUT2D eigenvalue weighted by Crippen LogP contribution is 2.31. The Labute approximate surface area is 119 Å². The summed E-state index contributed by atoms with van der Waals surface area (Å²) in [4.78, 5) is 2.58. The molecule has 1 fully saturated rings. The molecule has 0 bridgehead atoms. The lowest BCUT2D eigenvalue weighted by atomic mass is 10.2. The summed E-state index contributed by atoms with van der Waals surface area (Å²) in [6.07, 6.45) is 5.06. The van der Waals surface area contributed by atoms with E-state index in [1.165, 1.54) is 48.2 Å². The minimum atomic E-state index is 0.953. The fraction of sp³-hybridized carbons (Fsp3) is 0.786. The van der Waals surface area contributed by atoms with Crippen molar-refractivity contribution in [2.24, 2.45) is 13.0 Å². The first kappa shape index (κ1) is 14.1. The maximum atomic E-state index is 4.58. The first-order chi connectivity index (χ1) is 8.65. The maximum Gasteiger partial charge on any atom is 0.0767 e. The highest BCUT2D eigenvalue weighted by atomic mass is 79.9. The zero-order valence-electron chi connectivity index (χ0n) is 11.7. The first-order valence-electron chi connectivity index (χ1n) is 7.08. The maximum absolute atomic E-state index is 4.58. The summed E-state index contributed by atoms with van der Waals surface area (Å²) in [7, 11) is 2.06. The Morgan fingerprint density at radius 2 is 2.11 bits per heavy atom. The van der Waals surface area contributed by atoms with Gasteiger partial charge in [-0.3, -0.25) is 9.58 Å². The topological polar surface area (TPSA) is 21.1 Å². The summed E-state index contributed by atoms with van der Waals surface area (Å²) < 4.78 is 3.25. The third kappa shape index (κ3) is 3.35. The molecule has 1 aromatic heterocycles. The largest absolute Gasteiger partial charge is 0.297 e. The average molecular weight is 314 g/mol. The van der Waals surface area contributed by atoms with Crippen LogP contribution in [0.15, 0.2) is 4.47 Å². The molecule has 3 nitrogen and oxygen atoms in total. The van der Waals surface area contributed by atoms with Crippen molar-refractivity contribution in [1.82, 2.24) is 14.7 Å². The van der Waals surface area contributed by atoms with Crippen molar-refractivity contribution in [2.75, 3.05) is 13.1 Å². The molecule has 0 aromatic carbocycles. The van der Waals surface area contributed by atoms with Gasteiger partial charge in [0.2, 0.25) is 0 Å². The molecule has 1 aromatic rings. The van der Waals surface area contributed by atoms with Crippen LogP contribution < -0.4 is 0 Å². The van der Waals surface area contributed by atoms with E-state index in [1.807, 2.05) is 4.68 Å². The summed E-state index contributed by atoms with van der Waals surface area (Å²) in [5.41, 5.74) is 2.50. The SMILES string of the molecule is CCCN(Cc1c(Br)c(CC)nn1C)CC1CC1. The number of aryl methyl sites for hydroxylation is 2. The lowest BCUT2D eigenvalue weighted by Gasteiger charge is -2.21. The van der Waals surface area contributed by atoms with Crippen LogP contribution in [-0.4, -0.2) is 27.8 Å². The van der Waals surface area contributed by atoms with Gasteiger partial charge in [0.25, 0.3) is 0 Å². The molecular formula is C14H24BrN3. The van der Waals surface area contributed by atoms with Crippen molar-refractivity contribution < 1.29 is 0 Å². The van der Waals surface area contributed by atoms with E-state index in [-0.39, 0.29) is 0 Å². The predicted octanol–water partition coefficient (Wildman–Crippen LogP) is 3.37. The molecule has 0 radical (unpaired) electrons. The second kappa shape index (κ2) is 6.20. The second-order valence-corrected chi connectivity index (χ2v) is 6.16. The quantitative estimate of drug-likeness (QED) is 0.769. The van der Waals surface area contributed by atoms with E-state index >= 15 is 0 Å². The number of aromatic nitrogens is 2. The first-order valence-corrected chi connectivity index (χ1v) is 7.87. The van der Waals surface area contributed by atoms with Crippen LogP contribution >= 0.6 is 15.9 Å². The van der Waals surface area contributed by atoms with E-state index in [9.17, 15) is 0 Å². The average Bonchev–Trinajstić information content (AvgIpc) is 3.11. The van der Waals surface area contributed by atoms with Gasteiger partial charge in [0.05, 0.1) is 15.9 Å². The molecule has 0 spiro atoms. The third-order valence-corrected chi connectivity index (χ3v) is 4.54. The Hall–Kier alpha value is -0.350. The van der Waals surface area contributed by atoms with Crippen LogP contribution in [-0.2, 0) is 20.0 Å². The van der Waals surface area contributed by atoms with Crippen molar-refractivity contribution in [3.05, 3.63) is 15.9 Å². The standard InChI is InChI=1S/C14H24BrN3/c1-4-8-18(9-11-6-7-11)10-13-14(15)12(5-2)16-17(13)3/h11H,4-10H2,1-3H3. The summed E-state index contributed by atoms with van der Waals surface area (Å²) in [6, 6.07) is 0. The molecule has 4 heteroatoms. The lowest BCUT2D eigenvalue weighted by molar-refractivity contribution is 0.248. The minimum absolute atomic E-state index is 0.953. The summed E-state index contributed by atoms with van der Waals surface area (Å²) in [6.45, 7) is 7.89. The van der Waals surface area contributed by atoms with Gasteiger partial charge in [-0.15, -0.1) is 0 Å². The van der Waals surface area contributed by atoms with Gasteiger partial charge in [-0.1, -0.05) is 13.8 Å². The molecule has 0 unspecified atom stereocenters. The van der Waals surface area contributed by atoms with E-state index in [2.05, 4.69) is 46.8 Å². The van der Waals surface area contributed by atoms with Crippen LogP contribution in [0.1, 0.15) is 44.5 Å². The van der Waals surface area contributed by atoms with Gasteiger partial charge in [0.15, 0.2) is 0 Å². The van der Waals surface area contributed by atoms with Gasteiger partial charge in [-0.2, -0.15) is 5.10 Å². The van der Waals surface area contributed by atoms with Gasteiger partial charge in [-0.25, -0.2) is 0 Å². The number of hydrogen-bond donors (Lipinski definition) is 0. The Morgan fingerprint density at radius 1 is 1.39 bits per heavy atom. The normalized spacial score (nSPS) is 15.6. The van der Waals surface area contributed by atoms with E-state index in [4.69, 9.17) is 0 Å². The van der Waals surface area contributed by atoms with Crippen LogP contribution in [0.5, 0.6) is 0 Å². The lowest BCUT2D eigenvalue weighted by Crippen LogP contribution is -2.27. The number of halogens is 1. The van der Waals surface area contributed by atoms with Gasteiger partial charge in [0, 0.05) is 20.1 Å². The van der Waals surface area contributed by atoms with Crippen LogP contribution in [0.2, 0.25) is 0 Å². The van der Waals surface area contributed by atoms with Crippen molar-refractivity contribution >= 4 is 15.9 Å². The molecule has 1 aliphatic rings. The van der Waals surface area contributed by atoms with Crippen LogP contribution in [0.4, 0.5) is 0 Å². The van der Waals surface area contributed by atoms with E-state index in [1.54, 1.807) is 0 Å². The monoisotopic (exact) mass is 313 g/mol. The Balaban J connectivity index is 2.06. The minimum Gasteiger partial charge on any atom is -0.297 e. The van der Waals surface area contributed by atoms with Crippen molar-refractivity contribution in [1.29, 1.82) is 0 Å². The highest BCUT2D eigenvalue weighted by Gasteiger charge is 2.25. The highest BCUT2D eigenvalue weighted by molar-refractivity contribution is 9.10. The summed E-state index contributed by atoms with van der Waals surface area (Å²) in [5.74, 6) is 0.953. The van der Waals surface area contributed by atoms with Gasteiger partial charge >= 0.3 is 0 Å². The zero-order valence-corrected chi connectivity index (χ0v) is 13.3. The molecular weight excluding hydrogens is 290 g/mol. The molecule has 102 valence electrons. The Kier molecular flexibility index (Phi) is 4.84. The summed E-state index contributed by atoms with van der Waals surface area (Å²) in [5, 5.41) is 4.58. The van der Waals surface area contributed by atoms with Crippen LogP contribution in [0.25, 0.3) is 0 Å². The van der Waals surface area contributed by atoms with E-state index in [0.717, 1.165) is 18.9 Å². The zero-order chi connectivity index (χ0) is 13.1. The van der Waals surface area contributed by atoms with Crippen molar-refractivity contribution in [2.45, 2.75) is 46.1 Å². The fourth-order valence-corrected chi connectivity index (χ4v) is 3.16. The predicted molar refractivity (Wildman–Crippen MR) is 78.6 cm³/mol. The Morgan fingerprint density at radius 3 is 2.61 bits per heavy atom. The van der Waals surface area contributed by atoms with E-state index < -0.39 is 0 Å². The molecule has 0 atom stereocenters. The van der Waals surface area contributed by atoms with Gasteiger partial charge in [0.1, 0.15) is 0 Å². The molecule has 1 heterocycles. The molecule has 2 rings (SSSR count). The van der Waals surface area contributed by atoms with Gasteiger partial charge in [-0.05, 0) is 54.1 Å². The van der Waals surface area contributed by atoms with Crippen molar-refractivity contribution in [3.63, 3.8) is 0 Å². The van der Waals surface area contributed by atoms with Gasteiger partial charge < -0.3 is 0 Å². The van der Waals surface area contributed by atoms with E-state index in [0.29, 0.717) is 0 Å². The molecule has 0 saturated heterocycles. The fourth-order valence-electron chi connectivity index (χ4n) is 2.42. The number of rotatable bonds is 7. The third-order valence-electron chi connectivity index (χ3n) is 3.63. The second-order valence-electron chi connectivity index (χ2n) is 5.36. The number of hydrogen-bond acceptors (Lipinski definition) is 2. The summed E-state index contributed by atoms with van der Waals surface area (Å²) >= 11 is 3.71.